The van der Waals surface area contributed by atoms with Crippen LogP contribution in [0.3, 0.4) is 0 Å². The van der Waals surface area contributed by atoms with Crippen LogP contribution in [-0.2, 0) is 9.22 Å². The monoisotopic (exact) mass is 145 g/mol. The minimum atomic E-state index is 0.592. The molecule has 0 aliphatic rings. The predicted molar refractivity (Wildman–Crippen MR) is 38.1 cm³/mol. The van der Waals surface area contributed by atoms with Crippen molar-refractivity contribution in [2.24, 2.45) is 4.99 Å². The van der Waals surface area contributed by atoms with Crippen LogP contribution >= 0.6 is 0 Å². The summed E-state index contributed by atoms with van der Waals surface area (Å²) >= 11 is 0. The lowest BCUT2D eigenvalue weighted by Gasteiger charge is -1.93. The molecule has 0 radical (unpaired) electrons. The van der Waals surface area contributed by atoms with E-state index in [1.165, 1.54) is 6.08 Å². The Labute approximate surface area is 57.7 Å². The summed E-state index contributed by atoms with van der Waals surface area (Å²) in [7, 11) is 0.800. The predicted octanol–water partition coefficient (Wildman–Crippen LogP) is -0.601. The Hall–Kier alpha value is -0.443. The maximum atomic E-state index is 9.52. The number of rotatable bonds is 5. The van der Waals surface area contributed by atoms with E-state index in [9.17, 15) is 4.79 Å². The fourth-order valence-electron chi connectivity index (χ4n) is 0.483. The van der Waals surface area contributed by atoms with E-state index in [0.717, 1.165) is 29.9 Å². The molecule has 0 amide bonds. The van der Waals surface area contributed by atoms with Crippen molar-refractivity contribution in [1.29, 1.82) is 0 Å². The van der Waals surface area contributed by atoms with Crippen LogP contribution < -0.4 is 0 Å². The van der Waals surface area contributed by atoms with Crippen LogP contribution in [0.15, 0.2) is 4.99 Å². The Balaban J connectivity index is 2.82. The van der Waals surface area contributed by atoms with Crippen molar-refractivity contribution in [3.05, 3.63) is 0 Å². The SMILES string of the molecule is O=C=NCCCCO[SiH3]. The van der Waals surface area contributed by atoms with Crippen molar-refractivity contribution >= 4 is 16.6 Å². The standard InChI is InChI=1S/C5H11NO2Si/c7-5-6-3-1-2-4-8-9/h1-4H2,9H3. The number of unbranched alkanes of at least 4 members (excludes halogenated alkanes) is 1. The van der Waals surface area contributed by atoms with Gasteiger partial charge in [-0.25, -0.2) is 9.79 Å². The zero-order valence-corrected chi connectivity index (χ0v) is 7.59. The van der Waals surface area contributed by atoms with E-state index >= 15 is 0 Å². The first kappa shape index (κ1) is 8.56. The molecule has 0 aromatic rings. The molecule has 52 valence electrons. The van der Waals surface area contributed by atoms with E-state index in [1.807, 2.05) is 0 Å². The number of isocyanates is 1. The van der Waals surface area contributed by atoms with Gasteiger partial charge in [0.1, 0.15) is 10.5 Å². The molecule has 0 saturated carbocycles. The maximum absolute atomic E-state index is 9.52. The van der Waals surface area contributed by atoms with Crippen LogP contribution in [0.5, 0.6) is 0 Å². The molecule has 3 nitrogen and oxygen atoms in total. The molecule has 0 aromatic carbocycles. The molecule has 0 aliphatic heterocycles. The van der Waals surface area contributed by atoms with E-state index in [2.05, 4.69) is 4.99 Å². The first-order valence-corrected chi connectivity index (χ1v) is 3.76. The Morgan fingerprint density at radius 2 is 2.33 bits per heavy atom. The highest BCUT2D eigenvalue weighted by atomic mass is 28.2. The second kappa shape index (κ2) is 7.56. The molecule has 0 heterocycles. The van der Waals surface area contributed by atoms with Crippen LogP contribution in [0, 0.1) is 0 Å². The number of nitrogens with zero attached hydrogens (tertiary/aromatic N) is 1. The maximum Gasteiger partial charge on any atom is 0.234 e. The van der Waals surface area contributed by atoms with Gasteiger partial charge in [-0.3, -0.25) is 0 Å². The smallest absolute Gasteiger partial charge is 0.234 e. The molecule has 0 N–H and O–H groups in total. The topological polar surface area (TPSA) is 38.7 Å². The van der Waals surface area contributed by atoms with Crippen molar-refractivity contribution in [2.45, 2.75) is 12.8 Å². The number of carbonyl (C=O) groups excluding carboxylic acids is 1. The summed E-state index contributed by atoms with van der Waals surface area (Å²) in [6.45, 7) is 1.40. The molecule has 4 heteroatoms. The lowest BCUT2D eigenvalue weighted by Crippen LogP contribution is -1.90. The van der Waals surface area contributed by atoms with Gasteiger partial charge in [0, 0.05) is 6.61 Å². The average molecular weight is 145 g/mol. The van der Waals surface area contributed by atoms with Crippen LogP contribution in [0.25, 0.3) is 0 Å². The van der Waals surface area contributed by atoms with Gasteiger partial charge in [-0.1, -0.05) is 0 Å². The molecule has 0 bridgehead atoms. The zero-order valence-electron chi connectivity index (χ0n) is 5.59. The van der Waals surface area contributed by atoms with E-state index < -0.39 is 0 Å². The van der Waals surface area contributed by atoms with Crippen molar-refractivity contribution in [1.82, 2.24) is 0 Å². The lowest BCUT2D eigenvalue weighted by atomic mass is 10.3. The lowest BCUT2D eigenvalue weighted by molar-refractivity contribution is 0.337. The summed E-state index contributed by atoms with van der Waals surface area (Å²) in [6, 6.07) is 0. The molecule has 9 heavy (non-hydrogen) atoms. The molecule has 0 atom stereocenters. The quantitative estimate of drug-likeness (QED) is 0.224. The normalized spacial score (nSPS) is 8.89. The molecule has 0 aromatic heterocycles. The van der Waals surface area contributed by atoms with Gasteiger partial charge in [-0.2, -0.15) is 0 Å². The van der Waals surface area contributed by atoms with E-state index in [0.29, 0.717) is 6.54 Å². The Morgan fingerprint density at radius 3 is 2.89 bits per heavy atom. The highest BCUT2D eigenvalue weighted by Crippen LogP contribution is 1.87. The Kier molecular flexibility index (Phi) is 7.18. The molecular weight excluding hydrogens is 134 g/mol. The second-order valence-electron chi connectivity index (χ2n) is 1.67. The van der Waals surface area contributed by atoms with E-state index in [1.54, 1.807) is 0 Å². The number of hydrogen-bond donors (Lipinski definition) is 0. The summed E-state index contributed by atoms with van der Waals surface area (Å²) in [5, 5.41) is 0. The molecule has 0 unspecified atom stereocenters. The van der Waals surface area contributed by atoms with Crippen molar-refractivity contribution in [3.63, 3.8) is 0 Å². The molecule has 0 fully saturated rings. The van der Waals surface area contributed by atoms with Gasteiger partial charge in [0.2, 0.25) is 6.08 Å². The van der Waals surface area contributed by atoms with Gasteiger partial charge in [0.25, 0.3) is 0 Å². The van der Waals surface area contributed by atoms with Crippen LogP contribution in [0.4, 0.5) is 0 Å². The first-order valence-electron chi connectivity index (χ1n) is 2.94. The van der Waals surface area contributed by atoms with Crippen molar-refractivity contribution in [3.8, 4) is 0 Å². The van der Waals surface area contributed by atoms with Gasteiger partial charge in [0.15, 0.2) is 0 Å². The third kappa shape index (κ3) is 7.56. The van der Waals surface area contributed by atoms with Gasteiger partial charge in [-0.15, -0.1) is 0 Å². The summed E-state index contributed by atoms with van der Waals surface area (Å²) in [5.41, 5.74) is 0. The average Bonchev–Trinajstić information content (AvgIpc) is 1.89. The third-order valence-corrected chi connectivity index (χ3v) is 1.34. The molecule has 0 rings (SSSR count). The van der Waals surface area contributed by atoms with Gasteiger partial charge >= 0.3 is 0 Å². The van der Waals surface area contributed by atoms with Gasteiger partial charge in [-0.05, 0) is 12.8 Å². The summed E-state index contributed by atoms with van der Waals surface area (Å²) in [4.78, 5) is 12.9. The van der Waals surface area contributed by atoms with Crippen LogP contribution in [0.2, 0.25) is 0 Å². The summed E-state index contributed by atoms with van der Waals surface area (Å²) < 4.78 is 4.92. The summed E-state index contributed by atoms with van der Waals surface area (Å²) in [5.74, 6) is 0. The highest BCUT2D eigenvalue weighted by molar-refractivity contribution is 5.97. The molecule has 0 saturated heterocycles. The first-order chi connectivity index (χ1) is 4.41. The minimum Gasteiger partial charge on any atom is -0.428 e. The highest BCUT2D eigenvalue weighted by Gasteiger charge is 1.83. The van der Waals surface area contributed by atoms with Crippen molar-refractivity contribution < 1.29 is 9.22 Å². The Morgan fingerprint density at radius 1 is 1.56 bits per heavy atom. The van der Waals surface area contributed by atoms with Gasteiger partial charge < -0.3 is 4.43 Å². The van der Waals surface area contributed by atoms with Crippen LogP contribution in [-0.4, -0.2) is 29.7 Å². The molecule has 0 spiro atoms. The van der Waals surface area contributed by atoms with Crippen LogP contribution in [0.1, 0.15) is 12.8 Å². The fraction of sp³-hybridized carbons (Fsp3) is 0.800. The minimum absolute atomic E-state index is 0.592. The third-order valence-electron chi connectivity index (χ3n) is 0.933. The second-order valence-corrected chi connectivity index (χ2v) is 2.25. The molecular formula is C5H11NO2Si. The zero-order chi connectivity index (χ0) is 6.95. The number of hydrogen-bond acceptors (Lipinski definition) is 3. The van der Waals surface area contributed by atoms with E-state index in [4.69, 9.17) is 4.43 Å². The molecule has 0 aliphatic carbocycles. The largest absolute Gasteiger partial charge is 0.428 e. The van der Waals surface area contributed by atoms with Gasteiger partial charge in [0.05, 0.1) is 6.54 Å². The van der Waals surface area contributed by atoms with E-state index in [-0.39, 0.29) is 0 Å². The van der Waals surface area contributed by atoms with Crippen molar-refractivity contribution in [2.75, 3.05) is 13.2 Å². The Bertz CT molecular complexity index is 101. The fourth-order valence-corrected chi connectivity index (χ4v) is 0.772. The summed E-state index contributed by atoms with van der Waals surface area (Å²) in [6.07, 6.45) is 3.41. The number of aliphatic imine (C=N–C) groups is 1.